The Kier molecular flexibility index (Phi) is 5.37. The Labute approximate surface area is 151 Å². The number of nitrogens with one attached hydrogen (secondary N) is 2. The molecule has 0 radical (unpaired) electrons. The Morgan fingerprint density at radius 1 is 1.23 bits per heavy atom. The molecule has 4 N–H and O–H groups in total. The van der Waals surface area contributed by atoms with Crippen molar-refractivity contribution in [2.75, 3.05) is 35.2 Å². The van der Waals surface area contributed by atoms with Gasteiger partial charge in [0.2, 0.25) is 5.91 Å². The molecule has 138 valence electrons. The number of rotatable bonds is 5. The zero-order valence-electron chi connectivity index (χ0n) is 14.6. The SMILES string of the molecule is Cc1cc(N2CCC(N)C2)ccc1NC(=O)CNc1ccc(F)c(F)c1. The van der Waals surface area contributed by atoms with Crippen LogP contribution in [0.4, 0.5) is 25.8 Å². The fourth-order valence-electron chi connectivity index (χ4n) is 2.99. The minimum Gasteiger partial charge on any atom is -0.376 e. The maximum absolute atomic E-state index is 13.2. The van der Waals surface area contributed by atoms with Crippen LogP contribution in [0.1, 0.15) is 12.0 Å². The van der Waals surface area contributed by atoms with E-state index >= 15 is 0 Å². The lowest BCUT2D eigenvalue weighted by atomic mass is 10.1. The van der Waals surface area contributed by atoms with E-state index in [1.807, 2.05) is 25.1 Å². The number of carbonyl (C=O) groups is 1. The van der Waals surface area contributed by atoms with Crippen molar-refractivity contribution in [3.05, 3.63) is 53.6 Å². The molecule has 1 aliphatic rings. The average Bonchev–Trinajstić information content (AvgIpc) is 3.04. The maximum atomic E-state index is 13.2. The molecule has 1 fully saturated rings. The summed E-state index contributed by atoms with van der Waals surface area (Å²) in [6.07, 6.45) is 0.979. The largest absolute Gasteiger partial charge is 0.376 e. The first kappa shape index (κ1) is 18.1. The molecule has 0 saturated carbocycles. The molecule has 1 atom stereocenters. The van der Waals surface area contributed by atoms with Crippen molar-refractivity contribution in [3.63, 3.8) is 0 Å². The van der Waals surface area contributed by atoms with Crippen LogP contribution in [0.2, 0.25) is 0 Å². The summed E-state index contributed by atoms with van der Waals surface area (Å²) in [6.45, 7) is 3.65. The Morgan fingerprint density at radius 3 is 2.69 bits per heavy atom. The molecule has 0 bridgehead atoms. The first-order valence-electron chi connectivity index (χ1n) is 8.52. The predicted molar refractivity (Wildman–Crippen MR) is 99.5 cm³/mol. The van der Waals surface area contributed by atoms with Crippen LogP contribution in [0, 0.1) is 18.6 Å². The van der Waals surface area contributed by atoms with Crippen molar-refractivity contribution in [1.29, 1.82) is 0 Å². The van der Waals surface area contributed by atoms with Gasteiger partial charge in [0.15, 0.2) is 11.6 Å². The number of benzene rings is 2. The monoisotopic (exact) mass is 360 g/mol. The highest BCUT2D eigenvalue weighted by Gasteiger charge is 2.19. The van der Waals surface area contributed by atoms with Crippen LogP contribution in [-0.2, 0) is 4.79 Å². The Hall–Kier alpha value is -2.67. The summed E-state index contributed by atoms with van der Waals surface area (Å²) in [5, 5.41) is 5.59. The lowest BCUT2D eigenvalue weighted by Crippen LogP contribution is -2.26. The van der Waals surface area contributed by atoms with Crippen LogP contribution in [0.3, 0.4) is 0 Å². The van der Waals surface area contributed by atoms with Gasteiger partial charge in [0.05, 0.1) is 6.54 Å². The van der Waals surface area contributed by atoms with Gasteiger partial charge < -0.3 is 21.3 Å². The Bertz CT molecular complexity index is 812. The molecule has 1 amide bonds. The molecule has 0 aliphatic carbocycles. The molecule has 2 aromatic carbocycles. The summed E-state index contributed by atoms with van der Waals surface area (Å²) in [6, 6.07) is 9.47. The minimum absolute atomic E-state index is 0.0484. The summed E-state index contributed by atoms with van der Waals surface area (Å²) in [7, 11) is 0. The molecule has 1 aliphatic heterocycles. The van der Waals surface area contributed by atoms with Gasteiger partial charge in [-0.3, -0.25) is 4.79 Å². The van der Waals surface area contributed by atoms with Crippen LogP contribution in [0.5, 0.6) is 0 Å². The van der Waals surface area contributed by atoms with Crippen molar-refractivity contribution in [2.45, 2.75) is 19.4 Å². The van der Waals surface area contributed by atoms with E-state index in [2.05, 4.69) is 15.5 Å². The summed E-state index contributed by atoms with van der Waals surface area (Å²) in [5.41, 5.74) is 9.05. The van der Waals surface area contributed by atoms with Gasteiger partial charge in [-0.1, -0.05) is 0 Å². The van der Waals surface area contributed by atoms with E-state index in [0.717, 1.165) is 42.9 Å². The molecule has 0 spiro atoms. The molecule has 1 saturated heterocycles. The van der Waals surface area contributed by atoms with E-state index in [1.165, 1.54) is 6.07 Å². The summed E-state index contributed by atoms with van der Waals surface area (Å²) in [5.74, 6) is -2.15. The number of aryl methyl sites for hydroxylation is 1. The van der Waals surface area contributed by atoms with Crippen molar-refractivity contribution in [1.82, 2.24) is 0 Å². The third kappa shape index (κ3) is 4.29. The molecular formula is C19H22F2N4O. The molecule has 26 heavy (non-hydrogen) atoms. The third-order valence-corrected chi connectivity index (χ3v) is 4.45. The molecule has 0 aromatic heterocycles. The van der Waals surface area contributed by atoms with Crippen LogP contribution >= 0.6 is 0 Å². The Balaban J connectivity index is 1.57. The lowest BCUT2D eigenvalue weighted by Gasteiger charge is -2.20. The molecule has 5 nitrogen and oxygen atoms in total. The fraction of sp³-hybridized carbons (Fsp3) is 0.316. The first-order valence-corrected chi connectivity index (χ1v) is 8.52. The van der Waals surface area contributed by atoms with Gasteiger partial charge in [-0.05, 0) is 49.2 Å². The number of hydrogen-bond donors (Lipinski definition) is 3. The maximum Gasteiger partial charge on any atom is 0.243 e. The van der Waals surface area contributed by atoms with Gasteiger partial charge in [0.1, 0.15) is 0 Å². The topological polar surface area (TPSA) is 70.4 Å². The quantitative estimate of drug-likeness (QED) is 0.767. The van der Waals surface area contributed by atoms with Crippen LogP contribution in [0.25, 0.3) is 0 Å². The minimum atomic E-state index is -0.955. The highest BCUT2D eigenvalue weighted by molar-refractivity contribution is 5.94. The second-order valence-corrected chi connectivity index (χ2v) is 6.52. The van der Waals surface area contributed by atoms with Gasteiger partial charge in [0.25, 0.3) is 0 Å². The molecule has 1 heterocycles. The van der Waals surface area contributed by atoms with Crippen LogP contribution in [0.15, 0.2) is 36.4 Å². The van der Waals surface area contributed by atoms with E-state index in [4.69, 9.17) is 5.73 Å². The second-order valence-electron chi connectivity index (χ2n) is 6.52. The van der Waals surface area contributed by atoms with Crippen molar-refractivity contribution >= 4 is 23.0 Å². The van der Waals surface area contributed by atoms with Crippen molar-refractivity contribution in [3.8, 4) is 0 Å². The summed E-state index contributed by atoms with van der Waals surface area (Å²) < 4.78 is 26.1. The Morgan fingerprint density at radius 2 is 2.04 bits per heavy atom. The highest BCUT2D eigenvalue weighted by Crippen LogP contribution is 2.25. The number of carbonyl (C=O) groups excluding carboxylic acids is 1. The van der Waals surface area contributed by atoms with Gasteiger partial charge >= 0.3 is 0 Å². The molecule has 1 unspecified atom stereocenters. The van der Waals surface area contributed by atoms with E-state index < -0.39 is 11.6 Å². The van der Waals surface area contributed by atoms with Crippen molar-refractivity contribution < 1.29 is 13.6 Å². The summed E-state index contributed by atoms with van der Waals surface area (Å²) in [4.78, 5) is 14.3. The molecule has 3 rings (SSSR count). The van der Waals surface area contributed by atoms with E-state index in [1.54, 1.807) is 0 Å². The summed E-state index contributed by atoms with van der Waals surface area (Å²) >= 11 is 0. The number of halogens is 2. The number of amides is 1. The van der Waals surface area contributed by atoms with Crippen LogP contribution < -0.4 is 21.3 Å². The fourth-order valence-corrected chi connectivity index (χ4v) is 2.99. The van der Waals surface area contributed by atoms with E-state index in [0.29, 0.717) is 11.4 Å². The average molecular weight is 360 g/mol. The molecular weight excluding hydrogens is 338 g/mol. The second kappa shape index (κ2) is 7.70. The van der Waals surface area contributed by atoms with Crippen LogP contribution in [-0.4, -0.2) is 31.6 Å². The third-order valence-electron chi connectivity index (χ3n) is 4.45. The number of nitrogens with two attached hydrogens (primary N) is 1. The number of nitrogens with zero attached hydrogens (tertiary/aromatic N) is 1. The van der Waals surface area contributed by atoms with Gasteiger partial charge in [-0.25, -0.2) is 8.78 Å². The zero-order valence-corrected chi connectivity index (χ0v) is 14.6. The standard InChI is InChI=1S/C19H22F2N4O/c1-12-8-15(25-7-6-13(22)11-25)3-5-18(12)24-19(26)10-23-14-2-4-16(20)17(21)9-14/h2-5,8-9,13,23H,6-7,10-11,22H2,1H3,(H,24,26). The first-order chi connectivity index (χ1) is 12.4. The molecule has 7 heteroatoms. The van der Waals surface area contributed by atoms with E-state index in [-0.39, 0.29) is 18.5 Å². The van der Waals surface area contributed by atoms with E-state index in [9.17, 15) is 13.6 Å². The predicted octanol–water partition coefficient (Wildman–Crippen LogP) is 2.86. The number of hydrogen-bond acceptors (Lipinski definition) is 4. The van der Waals surface area contributed by atoms with Gasteiger partial charge in [-0.15, -0.1) is 0 Å². The van der Waals surface area contributed by atoms with Gasteiger partial charge in [-0.2, -0.15) is 0 Å². The lowest BCUT2D eigenvalue weighted by molar-refractivity contribution is -0.114. The normalized spacial score (nSPS) is 16.6. The highest BCUT2D eigenvalue weighted by atomic mass is 19.2. The van der Waals surface area contributed by atoms with Crippen molar-refractivity contribution in [2.24, 2.45) is 5.73 Å². The zero-order chi connectivity index (χ0) is 18.7. The molecule has 2 aromatic rings. The number of anilines is 3. The van der Waals surface area contributed by atoms with Gasteiger partial charge in [0, 0.05) is 42.3 Å². The smallest absolute Gasteiger partial charge is 0.243 e.